The number of halogens is 1. The van der Waals surface area contributed by atoms with Gasteiger partial charge in [-0.1, -0.05) is 6.92 Å². The Labute approximate surface area is 179 Å². The molecule has 3 N–H and O–H groups in total. The Morgan fingerprint density at radius 1 is 1.19 bits per heavy atom. The van der Waals surface area contributed by atoms with Gasteiger partial charge in [0.05, 0.1) is 13.2 Å². The molecule has 0 bridgehead atoms. The SMILES string of the molecule is CC(CN=C(N)Nc1ccc2c(c1)OCCCO2)CN1CCN(C)CC1.I. The summed E-state index contributed by atoms with van der Waals surface area (Å²) in [7, 11) is 2.18. The van der Waals surface area contributed by atoms with Crippen LogP contribution in [0.15, 0.2) is 23.2 Å². The van der Waals surface area contributed by atoms with E-state index in [1.54, 1.807) is 0 Å². The molecule has 1 saturated heterocycles. The van der Waals surface area contributed by atoms with E-state index in [-0.39, 0.29) is 24.0 Å². The number of hydrogen-bond acceptors (Lipinski definition) is 5. The highest BCUT2D eigenvalue weighted by Crippen LogP contribution is 2.32. The smallest absolute Gasteiger partial charge is 0.193 e. The van der Waals surface area contributed by atoms with Crippen molar-refractivity contribution in [2.45, 2.75) is 13.3 Å². The van der Waals surface area contributed by atoms with Gasteiger partial charge in [-0.25, -0.2) is 0 Å². The molecule has 2 aliphatic heterocycles. The van der Waals surface area contributed by atoms with Crippen molar-refractivity contribution >= 4 is 35.6 Å². The molecule has 0 aliphatic carbocycles. The van der Waals surface area contributed by atoms with Gasteiger partial charge in [0.15, 0.2) is 17.5 Å². The third-order valence-electron chi connectivity index (χ3n) is 4.76. The van der Waals surface area contributed by atoms with Crippen LogP contribution < -0.4 is 20.5 Å². The second-order valence-electron chi connectivity index (χ2n) is 7.27. The van der Waals surface area contributed by atoms with Gasteiger partial charge in [-0.2, -0.15) is 0 Å². The lowest BCUT2D eigenvalue weighted by atomic mass is 10.1. The first-order chi connectivity index (χ1) is 12.6. The first-order valence-corrected chi connectivity index (χ1v) is 9.47. The van der Waals surface area contributed by atoms with Gasteiger partial charge >= 0.3 is 0 Å². The van der Waals surface area contributed by atoms with E-state index in [0.717, 1.165) is 62.9 Å². The molecule has 2 heterocycles. The average Bonchev–Trinajstić information content (AvgIpc) is 2.87. The van der Waals surface area contributed by atoms with Gasteiger partial charge in [0, 0.05) is 57.4 Å². The highest BCUT2D eigenvalue weighted by atomic mass is 127. The van der Waals surface area contributed by atoms with E-state index in [1.807, 2.05) is 18.2 Å². The normalized spacial score (nSPS) is 19.7. The lowest BCUT2D eigenvalue weighted by Crippen LogP contribution is -2.46. The molecule has 1 aromatic rings. The molecule has 152 valence electrons. The number of piperazine rings is 1. The van der Waals surface area contributed by atoms with Crippen LogP contribution in [0.5, 0.6) is 11.5 Å². The Morgan fingerprint density at radius 2 is 1.89 bits per heavy atom. The third-order valence-corrected chi connectivity index (χ3v) is 4.76. The zero-order chi connectivity index (χ0) is 18.4. The molecule has 8 heteroatoms. The quantitative estimate of drug-likeness (QED) is 0.375. The fourth-order valence-corrected chi connectivity index (χ4v) is 3.21. The van der Waals surface area contributed by atoms with E-state index in [2.05, 4.69) is 34.1 Å². The molecule has 1 fully saturated rings. The van der Waals surface area contributed by atoms with Crippen LogP contribution in [0.25, 0.3) is 0 Å². The van der Waals surface area contributed by atoms with Crippen LogP contribution in [0.4, 0.5) is 5.69 Å². The third kappa shape index (κ3) is 7.00. The number of likely N-dealkylation sites (N-methyl/N-ethyl adjacent to an activating group) is 1. The Bertz CT molecular complexity index is 620. The van der Waals surface area contributed by atoms with Crippen molar-refractivity contribution in [3.05, 3.63) is 18.2 Å². The number of hydrogen-bond donors (Lipinski definition) is 2. The number of nitrogens with two attached hydrogens (primary N) is 1. The number of nitrogens with zero attached hydrogens (tertiary/aromatic N) is 3. The average molecular weight is 489 g/mol. The minimum Gasteiger partial charge on any atom is -0.490 e. The molecule has 1 atom stereocenters. The molecule has 0 radical (unpaired) electrons. The second kappa shape index (κ2) is 10.9. The van der Waals surface area contributed by atoms with Crippen molar-refractivity contribution in [2.75, 3.05) is 64.8 Å². The lowest BCUT2D eigenvalue weighted by molar-refractivity contribution is 0.140. The van der Waals surface area contributed by atoms with Crippen LogP contribution in [0.3, 0.4) is 0 Å². The molecule has 0 aromatic heterocycles. The molecule has 3 rings (SSSR count). The van der Waals surface area contributed by atoms with Gasteiger partial charge in [-0.3, -0.25) is 4.99 Å². The number of anilines is 1. The van der Waals surface area contributed by atoms with Gasteiger partial charge in [-0.15, -0.1) is 24.0 Å². The summed E-state index contributed by atoms with van der Waals surface area (Å²) >= 11 is 0. The molecule has 0 amide bonds. The van der Waals surface area contributed by atoms with Crippen LogP contribution in [-0.4, -0.2) is 75.3 Å². The summed E-state index contributed by atoms with van der Waals surface area (Å²) < 4.78 is 11.4. The summed E-state index contributed by atoms with van der Waals surface area (Å²) in [6.45, 7) is 9.92. The van der Waals surface area contributed by atoms with Crippen LogP contribution in [-0.2, 0) is 0 Å². The molecular formula is C19H32IN5O2. The molecule has 7 nitrogen and oxygen atoms in total. The summed E-state index contributed by atoms with van der Waals surface area (Å²) in [6, 6.07) is 5.76. The number of ether oxygens (including phenoxy) is 2. The summed E-state index contributed by atoms with van der Waals surface area (Å²) in [5.74, 6) is 2.44. The predicted octanol–water partition coefficient (Wildman–Crippen LogP) is 2.08. The maximum atomic E-state index is 6.06. The van der Waals surface area contributed by atoms with Crippen molar-refractivity contribution in [2.24, 2.45) is 16.6 Å². The number of nitrogens with one attached hydrogen (secondary N) is 1. The molecule has 2 aliphatic rings. The van der Waals surface area contributed by atoms with Crippen molar-refractivity contribution in [1.82, 2.24) is 9.80 Å². The number of aliphatic imine (C=N–C) groups is 1. The first-order valence-electron chi connectivity index (χ1n) is 9.47. The van der Waals surface area contributed by atoms with Gasteiger partial charge in [-0.05, 0) is 25.1 Å². The lowest BCUT2D eigenvalue weighted by Gasteiger charge is -2.33. The van der Waals surface area contributed by atoms with Crippen molar-refractivity contribution < 1.29 is 9.47 Å². The van der Waals surface area contributed by atoms with E-state index in [1.165, 1.54) is 0 Å². The number of rotatable bonds is 5. The minimum absolute atomic E-state index is 0. The standard InChI is InChI=1S/C19H31N5O2.HI/c1-15(14-24-8-6-23(2)7-9-24)13-21-19(20)22-16-4-5-17-18(12-16)26-11-3-10-25-17;/h4-5,12,15H,3,6-11,13-14H2,1-2H3,(H3,20,21,22);1H. The zero-order valence-corrected chi connectivity index (χ0v) is 18.6. The zero-order valence-electron chi connectivity index (χ0n) is 16.3. The summed E-state index contributed by atoms with van der Waals surface area (Å²) in [6.07, 6.45) is 0.895. The van der Waals surface area contributed by atoms with E-state index in [9.17, 15) is 0 Å². The first kappa shape index (κ1) is 22.0. The molecular weight excluding hydrogens is 457 g/mol. The maximum Gasteiger partial charge on any atom is 0.193 e. The van der Waals surface area contributed by atoms with Gasteiger partial charge in [0.1, 0.15) is 0 Å². The van der Waals surface area contributed by atoms with Crippen LogP contribution in [0.2, 0.25) is 0 Å². The Hall–Kier alpha value is -1.26. The van der Waals surface area contributed by atoms with Gasteiger partial charge in [0.2, 0.25) is 0 Å². The summed E-state index contributed by atoms with van der Waals surface area (Å²) in [4.78, 5) is 9.38. The minimum atomic E-state index is 0. The van der Waals surface area contributed by atoms with E-state index >= 15 is 0 Å². The second-order valence-corrected chi connectivity index (χ2v) is 7.27. The van der Waals surface area contributed by atoms with E-state index < -0.39 is 0 Å². The topological polar surface area (TPSA) is 75.3 Å². The molecule has 1 unspecified atom stereocenters. The van der Waals surface area contributed by atoms with E-state index in [0.29, 0.717) is 25.1 Å². The Morgan fingerprint density at radius 3 is 2.63 bits per heavy atom. The highest BCUT2D eigenvalue weighted by Gasteiger charge is 2.16. The summed E-state index contributed by atoms with van der Waals surface area (Å²) in [5, 5.41) is 3.15. The van der Waals surface area contributed by atoms with Gasteiger partial charge in [0.25, 0.3) is 0 Å². The van der Waals surface area contributed by atoms with E-state index in [4.69, 9.17) is 15.2 Å². The number of benzene rings is 1. The maximum absolute atomic E-state index is 6.06. The van der Waals surface area contributed by atoms with Crippen molar-refractivity contribution in [1.29, 1.82) is 0 Å². The fraction of sp³-hybridized carbons (Fsp3) is 0.632. The summed E-state index contributed by atoms with van der Waals surface area (Å²) in [5.41, 5.74) is 6.92. The monoisotopic (exact) mass is 489 g/mol. The van der Waals surface area contributed by atoms with Gasteiger partial charge < -0.3 is 30.3 Å². The molecule has 0 saturated carbocycles. The number of guanidine groups is 1. The fourth-order valence-electron chi connectivity index (χ4n) is 3.21. The molecule has 27 heavy (non-hydrogen) atoms. The largest absolute Gasteiger partial charge is 0.490 e. The number of fused-ring (bicyclic) bond motifs is 1. The Balaban J connectivity index is 0.00000261. The Kier molecular flexibility index (Phi) is 8.91. The molecule has 1 aromatic carbocycles. The van der Waals surface area contributed by atoms with Crippen molar-refractivity contribution in [3.63, 3.8) is 0 Å². The van der Waals surface area contributed by atoms with Crippen molar-refractivity contribution in [3.8, 4) is 11.5 Å². The predicted molar refractivity (Wildman–Crippen MR) is 121 cm³/mol. The van der Waals surface area contributed by atoms with Crippen LogP contribution in [0, 0.1) is 5.92 Å². The highest BCUT2D eigenvalue weighted by molar-refractivity contribution is 14.0. The van der Waals surface area contributed by atoms with Crippen LogP contribution >= 0.6 is 24.0 Å². The molecule has 0 spiro atoms. The van der Waals surface area contributed by atoms with Crippen LogP contribution in [0.1, 0.15) is 13.3 Å².